The van der Waals surface area contributed by atoms with Crippen molar-refractivity contribution in [1.29, 1.82) is 0 Å². The second kappa shape index (κ2) is 6.57. The van der Waals surface area contributed by atoms with Crippen LogP contribution in [0.2, 0.25) is 0 Å². The molecule has 0 amide bonds. The molecule has 5 heteroatoms. The van der Waals surface area contributed by atoms with Gasteiger partial charge in [0.15, 0.2) is 5.78 Å². The molecule has 1 saturated heterocycles. The van der Waals surface area contributed by atoms with Crippen molar-refractivity contribution in [2.24, 2.45) is 5.41 Å². The first-order valence-electron chi connectivity index (χ1n) is 6.42. The van der Waals surface area contributed by atoms with Gasteiger partial charge in [-0.1, -0.05) is 6.92 Å². The summed E-state index contributed by atoms with van der Waals surface area (Å²) in [5.74, 6) is 0.573. The van der Waals surface area contributed by atoms with E-state index in [2.05, 4.69) is 11.8 Å². The van der Waals surface area contributed by atoms with E-state index in [0.29, 0.717) is 18.4 Å². The number of rotatable bonds is 5. The summed E-state index contributed by atoms with van der Waals surface area (Å²) in [5, 5.41) is 0.553. The summed E-state index contributed by atoms with van der Waals surface area (Å²) >= 11 is 1.93. The third-order valence-electron chi connectivity index (χ3n) is 3.18. The van der Waals surface area contributed by atoms with Gasteiger partial charge >= 0.3 is 5.97 Å². The number of Topliss-reactive ketones (excluding diaryl/α,β-unsaturated/α-hetero) is 1. The summed E-state index contributed by atoms with van der Waals surface area (Å²) in [6, 6.07) is 0. The topological polar surface area (TPSA) is 46.6 Å². The molecule has 0 N–H and O–H groups in total. The second-order valence-electron chi connectivity index (χ2n) is 5.19. The first-order chi connectivity index (χ1) is 8.37. The lowest BCUT2D eigenvalue weighted by Gasteiger charge is -2.32. The summed E-state index contributed by atoms with van der Waals surface area (Å²) in [5.41, 5.74) is -1.04. The van der Waals surface area contributed by atoms with Crippen LogP contribution in [0.25, 0.3) is 0 Å². The van der Waals surface area contributed by atoms with Crippen LogP contribution in [-0.4, -0.2) is 53.9 Å². The van der Waals surface area contributed by atoms with Gasteiger partial charge < -0.3 is 4.74 Å². The van der Waals surface area contributed by atoms with Gasteiger partial charge in [0, 0.05) is 24.1 Å². The van der Waals surface area contributed by atoms with Crippen LogP contribution in [0.3, 0.4) is 0 Å². The molecular formula is C13H23NO3S. The molecule has 0 aromatic heterocycles. The zero-order valence-corrected chi connectivity index (χ0v) is 12.5. The largest absolute Gasteiger partial charge is 0.465 e. The smallest absolute Gasteiger partial charge is 0.319 e. The molecule has 0 bridgehead atoms. The van der Waals surface area contributed by atoms with Gasteiger partial charge in [-0.25, -0.2) is 0 Å². The van der Waals surface area contributed by atoms with Crippen molar-refractivity contribution in [3.05, 3.63) is 0 Å². The third kappa shape index (κ3) is 3.99. The number of hydrogen-bond acceptors (Lipinski definition) is 5. The van der Waals surface area contributed by atoms with Crippen LogP contribution in [0, 0.1) is 5.41 Å². The van der Waals surface area contributed by atoms with Crippen LogP contribution >= 0.6 is 11.8 Å². The zero-order valence-electron chi connectivity index (χ0n) is 11.7. The number of ketones is 1. The lowest BCUT2D eigenvalue weighted by atomic mass is 9.87. The van der Waals surface area contributed by atoms with Crippen molar-refractivity contribution < 1.29 is 14.3 Å². The molecule has 1 aliphatic heterocycles. The number of hydrogen-bond donors (Lipinski definition) is 0. The van der Waals surface area contributed by atoms with E-state index in [1.54, 1.807) is 20.8 Å². The monoisotopic (exact) mass is 273 g/mol. The van der Waals surface area contributed by atoms with Crippen molar-refractivity contribution >= 4 is 23.5 Å². The maximum Gasteiger partial charge on any atom is 0.319 e. The molecule has 0 aromatic carbocycles. The number of nitrogens with zero attached hydrogens (tertiary/aromatic N) is 1. The van der Waals surface area contributed by atoms with Gasteiger partial charge in [0.25, 0.3) is 0 Å². The molecule has 0 spiro atoms. The number of esters is 1. The third-order valence-corrected chi connectivity index (χ3v) is 4.31. The Hall–Kier alpha value is -0.550. The molecule has 0 saturated carbocycles. The summed E-state index contributed by atoms with van der Waals surface area (Å²) in [6.07, 6.45) is 0. The number of carbonyl (C=O) groups excluding carboxylic acids is 2. The standard InChI is InChI=1S/C13H23NO3S/c1-5-17-12(16)13(3,4)11(15)9-14-6-7-18-10(2)8-14/h10H,5-9H2,1-4H3. The van der Waals surface area contributed by atoms with Crippen molar-refractivity contribution in [1.82, 2.24) is 4.90 Å². The van der Waals surface area contributed by atoms with Crippen molar-refractivity contribution in [2.75, 3.05) is 32.0 Å². The highest BCUT2D eigenvalue weighted by molar-refractivity contribution is 7.99. The fourth-order valence-electron chi connectivity index (χ4n) is 1.86. The Morgan fingerprint density at radius 2 is 2.11 bits per heavy atom. The summed E-state index contributed by atoms with van der Waals surface area (Å²) in [7, 11) is 0. The van der Waals surface area contributed by atoms with Crippen molar-refractivity contribution in [3.63, 3.8) is 0 Å². The molecule has 104 valence electrons. The van der Waals surface area contributed by atoms with Gasteiger partial charge in [0.1, 0.15) is 5.41 Å². The molecule has 0 aliphatic carbocycles. The first kappa shape index (κ1) is 15.5. The maximum absolute atomic E-state index is 12.2. The van der Waals surface area contributed by atoms with Gasteiger partial charge in [-0.05, 0) is 20.8 Å². The number of thioether (sulfide) groups is 1. The highest BCUT2D eigenvalue weighted by Gasteiger charge is 2.38. The average molecular weight is 273 g/mol. The minimum absolute atomic E-state index is 0.0555. The first-order valence-corrected chi connectivity index (χ1v) is 7.47. The molecule has 1 aliphatic rings. The van der Waals surface area contributed by atoms with Gasteiger partial charge in [-0.2, -0.15) is 11.8 Å². The predicted octanol–water partition coefficient (Wildman–Crippen LogP) is 1.58. The Bertz CT molecular complexity index is 317. The van der Waals surface area contributed by atoms with Crippen LogP contribution < -0.4 is 0 Å². The minimum Gasteiger partial charge on any atom is -0.465 e. The van der Waals surface area contributed by atoms with E-state index in [4.69, 9.17) is 4.74 Å². The second-order valence-corrected chi connectivity index (χ2v) is 6.73. The van der Waals surface area contributed by atoms with E-state index in [1.807, 2.05) is 11.8 Å². The molecule has 1 heterocycles. The molecule has 4 nitrogen and oxygen atoms in total. The predicted molar refractivity (Wildman–Crippen MR) is 73.8 cm³/mol. The summed E-state index contributed by atoms with van der Waals surface area (Å²) < 4.78 is 4.96. The Kier molecular flexibility index (Phi) is 5.66. The van der Waals surface area contributed by atoms with Gasteiger partial charge in [-0.3, -0.25) is 14.5 Å². The van der Waals surface area contributed by atoms with E-state index in [1.165, 1.54) is 0 Å². The minimum atomic E-state index is -1.04. The molecule has 18 heavy (non-hydrogen) atoms. The quantitative estimate of drug-likeness (QED) is 0.562. The van der Waals surface area contributed by atoms with E-state index in [0.717, 1.165) is 18.8 Å². The van der Waals surface area contributed by atoms with E-state index >= 15 is 0 Å². The van der Waals surface area contributed by atoms with Crippen molar-refractivity contribution in [2.45, 2.75) is 32.9 Å². The highest BCUT2D eigenvalue weighted by atomic mass is 32.2. The number of carbonyl (C=O) groups is 2. The van der Waals surface area contributed by atoms with Crippen LogP contribution in [0.15, 0.2) is 0 Å². The number of ether oxygens (including phenoxy) is 1. The normalized spacial score (nSPS) is 21.7. The van der Waals surface area contributed by atoms with E-state index in [9.17, 15) is 9.59 Å². The van der Waals surface area contributed by atoms with Crippen molar-refractivity contribution in [3.8, 4) is 0 Å². The lowest BCUT2D eigenvalue weighted by Crippen LogP contribution is -2.46. The van der Waals surface area contributed by atoms with Crippen LogP contribution in [0.1, 0.15) is 27.7 Å². The molecule has 1 atom stereocenters. The summed E-state index contributed by atoms with van der Waals surface area (Å²) in [6.45, 7) is 9.70. The Morgan fingerprint density at radius 1 is 1.44 bits per heavy atom. The lowest BCUT2D eigenvalue weighted by molar-refractivity contribution is -0.158. The summed E-state index contributed by atoms with van der Waals surface area (Å²) in [4.78, 5) is 26.1. The molecule has 1 fully saturated rings. The van der Waals surface area contributed by atoms with E-state index in [-0.39, 0.29) is 5.78 Å². The van der Waals surface area contributed by atoms with Crippen LogP contribution in [0.4, 0.5) is 0 Å². The van der Waals surface area contributed by atoms with Gasteiger partial charge in [-0.15, -0.1) is 0 Å². The maximum atomic E-state index is 12.2. The van der Waals surface area contributed by atoms with Gasteiger partial charge in [0.05, 0.1) is 13.2 Å². The molecule has 1 unspecified atom stereocenters. The fraction of sp³-hybridized carbons (Fsp3) is 0.846. The Morgan fingerprint density at radius 3 is 2.67 bits per heavy atom. The van der Waals surface area contributed by atoms with Gasteiger partial charge in [0.2, 0.25) is 0 Å². The molecular weight excluding hydrogens is 250 g/mol. The Balaban J connectivity index is 2.55. The van der Waals surface area contributed by atoms with Crippen LogP contribution in [-0.2, 0) is 14.3 Å². The molecule has 0 aromatic rings. The molecule has 1 rings (SSSR count). The van der Waals surface area contributed by atoms with Crippen LogP contribution in [0.5, 0.6) is 0 Å². The Labute approximate surface area is 113 Å². The molecule has 0 radical (unpaired) electrons. The SMILES string of the molecule is CCOC(=O)C(C)(C)C(=O)CN1CCSC(C)C1. The zero-order chi connectivity index (χ0) is 13.8. The average Bonchev–Trinajstić information content (AvgIpc) is 2.29. The fourth-order valence-corrected chi connectivity index (χ4v) is 2.94. The highest BCUT2D eigenvalue weighted by Crippen LogP contribution is 2.22. The van der Waals surface area contributed by atoms with E-state index < -0.39 is 11.4 Å².